The minimum atomic E-state index is -1.67. The molecule has 1 fully saturated rings. The summed E-state index contributed by atoms with van der Waals surface area (Å²) < 4.78 is 12.4. The first-order chi connectivity index (χ1) is 14.4. The Bertz CT molecular complexity index is 1130. The monoisotopic (exact) mass is 410 g/mol. The summed E-state index contributed by atoms with van der Waals surface area (Å²) >= 11 is 0. The van der Waals surface area contributed by atoms with Crippen LogP contribution in [0.2, 0.25) is 0 Å². The molecule has 0 saturated carbocycles. The zero-order valence-corrected chi connectivity index (χ0v) is 16.5. The maximum atomic E-state index is 10.8. The van der Waals surface area contributed by atoms with Crippen molar-refractivity contribution < 1.29 is 24.8 Å². The van der Waals surface area contributed by atoms with E-state index in [-0.39, 0.29) is 5.82 Å². The number of rotatable bonds is 3. The molecule has 3 aromatic rings. The standard InChI is InChI=1S/C21H22N4O5/c1-21(28)17(27)15(10-26)30-20(21)25-9-13(16-18(22)23-11-24-19(16)25)6-3-12-4-7-14(29-2)8-5-12/h4-5,7-9,11,15,17,20,26-28H,10H2,1-2H3,(H2,22,23,24)/t15?,17-,20?,21+/m1/s1. The van der Waals surface area contributed by atoms with Gasteiger partial charge in [-0.1, -0.05) is 11.8 Å². The first-order valence-electron chi connectivity index (χ1n) is 9.30. The van der Waals surface area contributed by atoms with Crippen LogP contribution in [0, 0.1) is 11.8 Å². The third-order valence-electron chi connectivity index (χ3n) is 5.26. The van der Waals surface area contributed by atoms with Crippen LogP contribution < -0.4 is 10.5 Å². The van der Waals surface area contributed by atoms with Crippen LogP contribution in [0.4, 0.5) is 5.82 Å². The Labute approximate surface area is 172 Å². The molecule has 0 radical (unpaired) electrons. The molecule has 1 aliphatic rings. The van der Waals surface area contributed by atoms with Gasteiger partial charge >= 0.3 is 0 Å². The molecule has 156 valence electrons. The molecule has 0 spiro atoms. The number of aliphatic hydroxyl groups excluding tert-OH is 2. The van der Waals surface area contributed by atoms with E-state index in [0.717, 1.165) is 11.3 Å². The Morgan fingerprint density at radius 1 is 1.27 bits per heavy atom. The predicted molar refractivity (Wildman–Crippen MR) is 109 cm³/mol. The van der Waals surface area contributed by atoms with Gasteiger partial charge in [-0.05, 0) is 31.2 Å². The zero-order chi connectivity index (χ0) is 21.5. The van der Waals surface area contributed by atoms with Gasteiger partial charge in [-0.15, -0.1) is 0 Å². The number of aliphatic hydroxyl groups is 3. The van der Waals surface area contributed by atoms with Gasteiger partial charge in [0.1, 0.15) is 41.4 Å². The lowest BCUT2D eigenvalue weighted by molar-refractivity contribution is -0.0948. The highest BCUT2D eigenvalue weighted by molar-refractivity contribution is 5.92. The second-order valence-electron chi connectivity index (χ2n) is 7.27. The maximum Gasteiger partial charge on any atom is 0.167 e. The fraction of sp³-hybridized carbons (Fsp3) is 0.333. The van der Waals surface area contributed by atoms with Crippen LogP contribution in [0.3, 0.4) is 0 Å². The van der Waals surface area contributed by atoms with Gasteiger partial charge in [-0.25, -0.2) is 9.97 Å². The van der Waals surface area contributed by atoms with Crippen LogP contribution in [0.15, 0.2) is 36.8 Å². The average molecular weight is 410 g/mol. The molecule has 1 saturated heterocycles. The van der Waals surface area contributed by atoms with Crippen molar-refractivity contribution in [3.05, 3.63) is 47.9 Å². The molecule has 1 aromatic carbocycles. The number of nitrogens with two attached hydrogens (primary N) is 1. The number of nitrogen functional groups attached to an aromatic ring is 1. The third kappa shape index (κ3) is 3.26. The molecule has 4 rings (SSSR count). The highest BCUT2D eigenvalue weighted by Gasteiger charge is 2.53. The van der Waals surface area contributed by atoms with Gasteiger partial charge < -0.3 is 35.1 Å². The molecule has 2 unspecified atom stereocenters. The second kappa shape index (κ2) is 7.59. The summed E-state index contributed by atoms with van der Waals surface area (Å²) in [4.78, 5) is 8.32. The Balaban J connectivity index is 1.81. The van der Waals surface area contributed by atoms with E-state index in [2.05, 4.69) is 21.8 Å². The van der Waals surface area contributed by atoms with E-state index in [0.29, 0.717) is 16.6 Å². The van der Waals surface area contributed by atoms with Crippen molar-refractivity contribution in [2.24, 2.45) is 0 Å². The van der Waals surface area contributed by atoms with Gasteiger partial charge in [0, 0.05) is 11.8 Å². The summed E-state index contributed by atoms with van der Waals surface area (Å²) in [7, 11) is 1.59. The molecule has 0 amide bonds. The highest BCUT2D eigenvalue weighted by atomic mass is 16.6. The van der Waals surface area contributed by atoms with E-state index in [1.54, 1.807) is 17.9 Å². The summed E-state index contributed by atoms with van der Waals surface area (Å²) in [5, 5.41) is 31.2. The summed E-state index contributed by atoms with van der Waals surface area (Å²) in [5.74, 6) is 7.09. The van der Waals surface area contributed by atoms with Crippen LogP contribution in [0.5, 0.6) is 5.75 Å². The molecule has 0 bridgehead atoms. The number of benzene rings is 1. The van der Waals surface area contributed by atoms with Gasteiger partial charge in [-0.2, -0.15) is 0 Å². The zero-order valence-electron chi connectivity index (χ0n) is 16.5. The predicted octanol–water partition coefficient (Wildman–Crippen LogP) is 0.423. The summed E-state index contributed by atoms with van der Waals surface area (Å²) in [6.07, 6.45) is -0.262. The lowest BCUT2D eigenvalue weighted by atomic mass is 9.96. The molecule has 30 heavy (non-hydrogen) atoms. The smallest absolute Gasteiger partial charge is 0.167 e. The molecule has 3 heterocycles. The van der Waals surface area contributed by atoms with E-state index in [4.69, 9.17) is 15.2 Å². The van der Waals surface area contributed by atoms with Crippen LogP contribution in [0.1, 0.15) is 24.3 Å². The molecule has 4 atom stereocenters. The molecule has 5 N–H and O–H groups in total. The number of methoxy groups -OCH3 is 1. The fourth-order valence-corrected chi connectivity index (χ4v) is 3.59. The normalized spacial score (nSPS) is 25.8. The Kier molecular flexibility index (Phi) is 5.09. The van der Waals surface area contributed by atoms with Crippen molar-refractivity contribution in [3.8, 4) is 17.6 Å². The average Bonchev–Trinajstić information content (AvgIpc) is 3.22. The lowest BCUT2D eigenvalue weighted by Gasteiger charge is -2.27. The van der Waals surface area contributed by atoms with Crippen molar-refractivity contribution in [2.75, 3.05) is 19.5 Å². The highest BCUT2D eigenvalue weighted by Crippen LogP contribution is 2.40. The Morgan fingerprint density at radius 3 is 2.63 bits per heavy atom. The Morgan fingerprint density at radius 2 is 2.00 bits per heavy atom. The first-order valence-corrected chi connectivity index (χ1v) is 9.30. The Hall–Kier alpha value is -3.16. The van der Waals surface area contributed by atoms with Crippen LogP contribution >= 0.6 is 0 Å². The van der Waals surface area contributed by atoms with E-state index < -0.39 is 30.6 Å². The molecule has 9 heteroatoms. The van der Waals surface area contributed by atoms with Crippen molar-refractivity contribution >= 4 is 16.9 Å². The molecule has 9 nitrogen and oxygen atoms in total. The minimum absolute atomic E-state index is 0.231. The quantitative estimate of drug-likeness (QED) is 0.456. The number of anilines is 1. The number of hydrogen-bond acceptors (Lipinski definition) is 8. The van der Waals surface area contributed by atoms with E-state index in [1.165, 1.54) is 13.3 Å². The molecular weight excluding hydrogens is 388 g/mol. The van der Waals surface area contributed by atoms with Gasteiger partial charge in [-0.3, -0.25) is 0 Å². The summed E-state index contributed by atoms with van der Waals surface area (Å²) in [6, 6.07) is 7.28. The van der Waals surface area contributed by atoms with Crippen molar-refractivity contribution in [2.45, 2.75) is 31.0 Å². The number of nitrogens with zero attached hydrogens (tertiary/aromatic N) is 3. The SMILES string of the molecule is COc1ccc(C#Cc2cn(C3OC(CO)[C@@H](O)[C@]3(C)O)c3ncnc(N)c23)cc1. The summed E-state index contributed by atoms with van der Waals surface area (Å²) in [6.45, 7) is 1.01. The minimum Gasteiger partial charge on any atom is -0.497 e. The largest absolute Gasteiger partial charge is 0.497 e. The van der Waals surface area contributed by atoms with E-state index in [1.807, 2.05) is 24.3 Å². The van der Waals surface area contributed by atoms with Gasteiger partial charge in [0.2, 0.25) is 0 Å². The number of fused-ring (bicyclic) bond motifs is 1. The van der Waals surface area contributed by atoms with Gasteiger partial charge in [0.25, 0.3) is 0 Å². The van der Waals surface area contributed by atoms with E-state index >= 15 is 0 Å². The topological polar surface area (TPSA) is 136 Å². The summed E-state index contributed by atoms with van der Waals surface area (Å²) in [5.41, 5.74) is 6.13. The second-order valence-corrected chi connectivity index (χ2v) is 7.27. The van der Waals surface area contributed by atoms with Crippen LogP contribution in [-0.2, 0) is 4.74 Å². The maximum absolute atomic E-state index is 10.8. The van der Waals surface area contributed by atoms with Crippen LogP contribution in [0.25, 0.3) is 11.0 Å². The van der Waals surface area contributed by atoms with E-state index in [9.17, 15) is 15.3 Å². The van der Waals surface area contributed by atoms with Crippen LogP contribution in [-0.4, -0.2) is 61.4 Å². The fourth-order valence-electron chi connectivity index (χ4n) is 3.59. The number of ether oxygens (including phenoxy) is 2. The first kappa shape index (κ1) is 20.1. The molecule has 2 aromatic heterocycles. The third-order valence-corrected chi connectivity index (χ3v) is 5.26. The van der Waals surface area contributed by atoms with Crippen molar-refractivity contribution in [1.29, 1.82) is 0 Å². The molecular formula is C21H22N4O5. The van der Waals surface area contributed by atoms with Crippen molar-refractivity contribution in [3.63, 3.8) is 0 Å². The van der Waals surface area contributed by atoms with Gasteiger partial charge in [0.05, 0.1) is 24.7 Å². The van der Waals surface area contributed by atoms with Crippen molar-refractivity contribution in [1.82, 2.24) is 14.5 Å². The molecule has 0 aliphatic carbocycles. The molecule has 1 aliphatic heterocycles. The number of aromatic nitrogens is 3. The van der Waals surface area contributed by atoms with Gasteiger partial charge in [0.15, 0.2) is 6.23 Å². The lowest BCUT2D eigenvalue weighted by Crippen LogP contribution is -2.44. The number of hydrogen-bond donors (Lipinski definition) is 4.